The molecule has 0 saturated carbocycles. The van der Waals surface area contributed by atoms with Crippen LogP contribution in [0.25, 0.3) is 0 Å². The molecule has 30 heavy (non-hydrogen) atoms. The molecule has 0 aliphatic carbocycles. The van der Waals surface area contributed by atoms with Gasteiger partial charge in [0, 0.05) is 0 Å². The van der Waals surface area contributed by atoms with Crippen molar-refractivity contribution in [1.29, 1.82) is 0 Å². The number of hydrogen-bond acceptors (Lipinski definition) is 4. The molecule has 0 aromatic heterocycles. The first-order chi connectivity index (χ1) is 13.4. The van der Waals surface area contributed by atoms with Crippen LogP contribution in [0.5, 0.6) is 0 Å². The van der Waals surface area contributed by atoms with Crippen LogP contribution >= 0.6 is 0 Å². The predicted molar refractivity (Wildman–Crippen MR) is 118 cm³/mol. The first-order valence-electron chi connectivity index (χ1n) is 11.5. The van der Waals surface area contributed by atoms with Crippen molar-refractivity contribution in [1.82, 2.24) is 0 Å². The molecule has 6 nitrogen and oxygen atoms in total. The molecule has 0 aromatic rings. The molecule has 0 radical (unpaired) electrons. The van der Waals surface area contributed by atoms with Crippen LogP contribution in [0.3, 0.4) is 0 Å². The molecule has 0 fully saturated rings. The Balaban J connectivity index is -0.000000211. The molecule has 0 aromatic carbocycles. The van der Waals surface area contributed by atoms with Gasteiger partial charge in [0.1, 0.15) is 26.2 Å². The van der Waals surface area contributed by atoms with E-state index in [-0.39, 0.29) is 74.4 Å². The van der Waals surface area contributed by atoms with E-state index in [0.29, 0.717) is 0 Å². The van der Waals surface area contributed by atoms with E-state index < -0.39 is 0 Å². The van der Waals surface area contributed by atoms with Crippen LogP contribution in [-0.2, 0) is 0 Å². The number of hydrogen-bond donors (Lipinski definition) is 4. The van der Waals surface area contributed by atoms with Crippen molar-refractivity contribution in [3.8, 4) is 0 Å². The molecule has 0 saturated heterocycles. The number of aliphatic hydroxyl groups is 4. The highest BCUT2D eigenvalue weighted by Crippen LogP contribution is 2.08. The zero-order chi connectivity index (χ0) is 21.7. The van der Waals surface area contributed by atoms with Crippen LogP contribution in [0.1, 0.15) is 65.2 Å². The molecule has 0 bridgehead atoms. The van der Waals surface area contributed by atoms with E-state index in [1.54, 1.807) is 0 Å². The lowest BCUT2D eigenvalue weighted by atomic mass is 10.2. The Kier molecular flexibility index (Phi) is 34.0. The van der Waals surface area contributed by atoms with Crippen LogP contribution in [-0.4, -0.2) is 109 Å². The Bertz CT molecular complexity index is 286. The number of unbranched alkanes of at least 4 members (excludes halogenated alkanes) is 6. The molecule has 0 spiro atoms. The fraction of sp³-hybridized carbons (Fsp3) is 1.00. The summed E-state index contributed by atoms with van der Waals surface area (Å²) in [5, 5.41) is 35.7. The Morgan fingerprint density at radius 1 is 0.433 bits per heavy atom. The van der Waals surface area contributed by atoms with Crippen LogP contribution in [0.2, 0.25) is 0 Å². The molecule has 0 aliphatic heterocycles. The molecule has 0 heterocycles. The topological polar surface area (TPSA) is 80.9 Å². The van der Waals surface area contributed by atoms with E-state index in [1.807, 2.05) is 0 Å². The third-order valence-corrected chi connectivity index (χ3v) is 5.66. The number of likely N-dealkylation sites (N-methyl/N-ethyl adjacent to an activating group) is 2. The fourth-order valence-corrected chi connectivity index (χ4v) is 3.48. The van der Waals surface area contributed by atoms with Gasteiger partial charge < -0.3 is 77.3 Å². The minimum Gasteiger partial charge on any atom is -1.00 e. The van der Waals surface area contributed by atoms with Crippen molar-refractivity contribution < 1.29 is 77.3 Å². The van der Waals surface area contributed by atoms with Crippen molar-refractivity contribution in [2.45, 2.75) is 65.2 Å². The predicted octanol–water partition coefficient (Wildman–Crippen LogP) is -4.00. The summed E-state index contributed by atoms with van der Waals surface area (Å²) in [6.07, 6.45) is 10.0. The van der Waals surface area contributed by atoms with Crippen LogP contribution in [0, 0.1) is 0 Å². The van der Waals surface area contributed by atoms with Gasteiger partial charge in [0.25, 0.3) is 0 Å². The fourth-order valence-electron chi connectivity index (χ4n) is 3.48. The summed E-state index contributed by atoms with van der Waals surface area (Å²) in [6, 6.07) is 0. The lowest BCUT2D eigenvalue weighted by Gasteiger charge is -2.33. The Morgan fingerprint density at radius 2 is 0.700 bits per heavy atom. The number of rotatable bonds is 18. The van der Waals surface area contributed by atoms with Gasteiger partial charge in [-0.1, -0.05) is 39.5 Å². The van der Waals surface area contributed by atoms with Crippen molar-refractivity contribution in [2.24, 2.45) is 0 Å². The van der Waals surface area contributed by atoms with Crippen LogP contribution < -0.4 is 48.0 Å². The van der Waals surface area contributed by atoms with E-state index in [0.717, 1.165) is 48.2 Å². The van der Waals surface area contributed by atoms with Gasteiger partial charge in [-0.15, -0.1) is 0 Å². The second-order valence-corrected chi connectivity index (χ2v) is 8.60. The summed E-state index contributed by atoms with van der Waals surface area (Å²) in [5.74, 6) is 0. The third kappa shape index (κ3) is 23.9. The quantitative estimate of drug-likeness (QED) is 0.0687. The van der Waals surface area contributed by atoms with Crippen LogP contribution in [0.15, 0.2) is 0 Å². The van der Waals surface area contributed by atoms with Gasteiger partial charge in [-0.25, -0.2) is 0 Å². The molecule has 0 rings (SSSR count). The molecular formula is C22H52I2N2O4. The maximum absolute atomic E-state index is 8.93. The standard InChI is InChI=1S/2C11H26NO2.2HI/c2*1-3-4-5-6-7-12(2,8-10-13)9-11-14;;/h2*13-14H,3-11H2,1-2H3;2*1H/q2*+1;;/p-2. The van der Waals surface area contributed by atoms with Gasteiger partial charge in [0.15, 0.2) is 0 Å². The lowest BCUT2D eigenvalue weighted by Crippen LogP contribution is -3.00. The summed E-state index contributed by atoms with van der Waals surface area (Å²) in [5.41, 5.74) is 0. The number of quaternary nitrogens is 2. The van der Waals surface area contributed by atoms with Crippen LogP contribution in [0.4, 0.5) is 0 Å². The average Bonchev–Trinajstić information content (AvgIpc) is 2.64. The summed E-state index contributed by atoms with van der Waals surface area (Å²) in [7, 11) is 4.22. The largest absolute Gasteiger partial charge is 1.00 e. The molecule has 4 N–H and O–H groups in total. The Morgan fingerprint density at radius 3 is 0.900 bits per heavy atom. The monoisotopic (exact) mass is 662 g/mol. The Labute approximate surface area is 221 Å². The summed E-state index contributed by atoms with van der Waals surface area (Å²) < 4.78 is 1.60. The smallest absolute Gasteiger partial charge is 0.102 e. The maximum Gasteiger partial charge on any atom is 0.102 e. The molecule has 0 atom stereocenters. The van der Waals surface area contributed by atoms with E-state index >= 15 is 0 Å². The molecule has 188 valence electrons. The zero-order valence-electron chi connectivity index (χ0n) is 20.2. The summed E-state index contributed by atoms with van der Waals surface area (Å²) >= 11 is 0. The van der Waals surface area contributed by atoms with Gasteiger partial charge in [-0.3, -0.25) is 0 Å². The highest BCUT2D eigenvalue weighted by atomic mass is 127. The highest BCUT2D eigenvalue weighted by Gasteiger charge is 2.20. The molecule has 0 amide bonds. The first-order valence-corrected chi connectivity index (χ1v) is 11.5. The summed E-state index contributed by atoms with van der Waals surface area (Å²) in [6.45, 7) is 10.4. The number of aliphatic hydroxyl groups excluding tert-OH is 4. The van der Waals surface area contributed by atoms with Crippen molar-refractivity contribution in [2.75, 3.05) is 79.8 Å². The van der Waals surface area contributed by atoms with Crippen molar-refractivity contribution >= 4 is 0 Å². The van der Waals surface area contributed by atoms with Gasteiger partial charge in [-0.05, 0) is 25.7 Å². The van der Waals surface area contributed by atoms with Gasteiger partial charge >= 0.3 is 0 Å². The van der Waals surface area contributed by atoms with Gasteiger partial charge in [0.2, 0.25) is 0 Å². The normalized spacial score (nSPS) is 11.2. The maximum atomic E-state index is 8.93. The Hall–Kier alpha value is 1.22. The van der Waals surface area contributed by atoms with Crippen molar-refractivity contribution in [3.05, 3.63) is 0 Å². The number of nitrogens with zero attached hydrogens (tertiary/aromatic N) is 2. The van der Waals surface area contributed by atoms with E-state index in [4.69, 9.17) is 20.4 Å². The number of halogens is 2. The van der Waals surface area contributed by atoms with E-state index in [1.165, 1.54) is 51.4 Å². The average molecular weight is 662 g/mol. The zero-order valence-corrected chi connectivity index (χ0v) is 24.5. The molecule has 0 unspecified atom stereocenters. The summed E-state index contributed by atoms with van der Waals surface area (Å²) in [4.78, 5) is 0. The molecule has 0 aliphatic rings. The molecule has 8 heteroatoms. The second-order valence-electron chi connectivity index (χ2n) is 8.60. The minimum atomic E-state index is 0. The van der Waals surface area contributed by atoms with E-state index in [9.17, 15) is 0 Å². The first kappa shape index (κ1) is 38.5. The highest BCUT2D eigenvalue weighted by molar-refractivity contribution is 4.45. The van der Waals surface area contributed by atoms with Gasteiger partial charge in [-0.2, -0.15) is 0 Å². The second kappa shape index (κ2) is 26.5. The van der Waals surface area contributed by atoms with E-state index in [2.05, 4.69) is 27.9 Å². The lowest BCUT2D eigenvalue weighted by molar-refractivity contribution is -0.910. The van der Waals surface area contributed by atoms with Crippen molar-refractivity contribution in [3.63, 3.8) is 0 Å². The molecular weight excluding hydrogens is 610 g/mol. The minimum absolute atomic E-state index is 0. The van der Waals surface area contributed by atoms with Gasteiger partial charge in [0.05, 0.1) is 53.6 Å². The SMILES string of the molecule is CCCCCC[N+](C)(CCO)CCO.CCCCCC[N+](C)(CCO)CCO.[I-].[I-]. The third-order valence-electron chi connectivity index (χ3n) is 5.66.